The van der Waals surface area contributed by atoms with E-state index in [-0.39, 0.29) is 16.5 Å². The third-order valence-corrected chi connectivity index (χ3v) is 5.90. The van der Waals surface area contributed by atoms with Crippen molar-refractivity contribution in [1.29, 1.82) is 0 Å². The van der Waals surface area contributed by atoms with Crippen LogP contribution in [0.15, 0.2) is 58.5 Å². The van der Waals surface area contributed by atoms with Crippen LogP contribution in [0.1, 0.15) is 81.0 Å². The Kier molecular flexibility index (Phi) is 13.1. The predicted octanol–water partition coefficient (Wildman–Crippen LogP) is 9.09. The SMILES string of the molecule is CCCCCCCC/C=C/C(=N\c1ccc(C)c(C)c1)C(/C)=N/c1ccc(C)c(C)c1.[Ni]. The van der Waals surface area contributed by atoms with E-state index in [1.807, 2.05) is 0 Å². The second-order valence-electron chi connectivity index (χ2n) is 8.69. The largest absolute Gasteiger partial charge is 0.252 e. The van der Waals surface area contributed by atoms with Gasteiger partial charge in [-0.05, 0) is 100 Å². The molecule has 2 aromatic carbocycles. The molecule has 2 nitrogen and oxygen atoms in total. The summed E-state index contributed by atoms with van der Waals surface area (Å²) in [6.07, 6.45) is 13.4. The molecule has 0 fully saturated rings. The molecule has 0 amide bonds. The number of aliphatic imine (C=N–C) groups is 2. The second kappa shape index (κ2) is 15.0. The zero-order valence-corrected chi connectivity index (χ0v) is 21.8. The van der Waals surface area contributed by atoms with Crippen LogP contribution < -0.4 is 0 Å². The molecule has 176 valence electrons. The van der Waals surface area contributed by atoms with Gasteiger partial charge in [0.25, 0.3) is 0 Å². The van der Waals surface area contributed by atoms with Gasteiger partial charge in [-0.15, -0.1) is 0 Å². The summed E-state index contributed by atoms with van der Waals surface area (Å²) in [5.41, 5.74) is 8.96. The maximum atomic E-state index is 4.95. The summed E-state index contributed by atoms with van der Waals surface area (Å²) < 4.78 is 0. The number of unbranched alkanes of at least 4 members (excludes halogenated alkanes) is 6. The maximum Gasteiger partial charge on any atom is 0.0845 e. The Hall–Kier alpha value is -1.99. The number of nitrogens with zero attached hydrogens (tertiary/aromatic N) is 2. The summed E-state index contributed by atoms with van der Waals surface area (Å²) in [5, 5.41) is 0. The molecule has 0 unspecified atom stereocenters. The normalized spacial score (nSPS) is 12.3. The molecule has 0 bridgehead atoms. The Bertz CT molecular complexity index is 938. The zero-order chi connectivity index (χ0) is 22.6. The first-order valence-electron chi connectivity index (χ1n) is 11.9. The van der Waals surface area contributed by atoms with Crippen LogP contribution in [0.4, 0.5) is 11.4 Å². The molecule has 0 N–H and O–H groups in total. The van der Waals surface area contributed by atoms with Crippen LogP contribution in [0.5, 0.6) is 0 Å². The number of hydrogen-bond donors (Lipinski definition) is 0. The van der Waals surface area contributed by atoms with Gasteiger partial charge >= 0.3 is 0 Å². The monoisotopic (exact) mass is 474 g/mol. The summed E-state index contributed by atoms with van der Waals surface area (Å²) in [6, 6.07) is 12.7. The molecular formula is C29H40N2Ni. The fraction of sp³-hybridized carbons (Fsp3) is 0.448. The average molecular weight is 475 g/mol. The van der Waals surface area contributed by atoms with Gasteiger partial charge in [0.05, 0.1) is 22.8 Å². The van der Waals surface area contributed by atoms with Crippen LogP contribution in [0, 0.1) is 27.7 Å². The van der Waals surface area contributed by atoms with E-state index in [1.165, 1.54) is 60.8 Å². The van der Waals surface area contributed by atoms with Crippen molar-refractivity contribution in [2.24, 2.45) is 9.98 Å². The molecular weight excluding hydrogens is 435 g/mol. The minimum absolute atomic E-state index is 0. The van der Waals surface area contributed by atoms with Crippen LogP contribution in [0.3, 0.4) is 0 Å². The Balaban J connectivity index is 0.00000512. The van der Waals surface area contributed by atoms with Gasteiger partial charge in [-0.3, -0.25) is 4.99 Å². The number of aryl methyl sites for hydroxylation is 4. The molecule has 0 atom stereocenters. The van der Waals surface area contributed by atoms with Gasteiger partial charge in [-0.2, -0.15) is 0 Å². The second-order valence-corrected chi connectivity index (χ2v) is 8.69. The minimum atomic E-state index is 0. The average Bonchev–Trinajstić information content (AvgIpc) is 2.74. The molecule has 2 rings (SSSR count). The summed E-state index contributed by atoms with van der Waals surface area (Å²) in [7, 11) is 0. The Morgan fingerprint density at radius 3 is 1.81 bits per heavy atom. The molecule has 0 spiro atoms. The molecule has 0 aliphatic rings. The number of rotatable bonds is 11. The molecule has 0 saturated carbocycles. The Morgan fingerprint density at radius 1 is 0.719 bits per heavy atom. The number of benzene rings is 2. The van der Waals surface area contributed by atoms with Crippen molar-refractivity contribution in [2.45, 2.75) is 86.5 Å². The topological polar surface area (TPSA) is 24.7 Å². The van der Waals surface area contributed by atoms with E-state index >= 15 is 0 Å². The van der Waals surface area contributed by atoms with Gasteiger partial charge in [0.15, 0.2) is 0 Å². The van der Waals surface area contributed by atoms with Gasteiger partial charge in [-0.1, -0.05) is 57.2 Å². The van der Waals surface area contributed by atoms with E-state index in [0.717, 1.165) is 29.2 Å². The van der Waals surface area contributed by atoms with Crippen molar-refractivity contribution < 1.29 is 16.5 Å². The zero-order valence-electron chi connectivity index (χ0n) is 20.8. The van der Waals surface area contributed by atoms with E-state index < -0.39 is 0 Å². The molecule has 32 heavy (non-hydrogen) atoms. The van der Waals surface area contributed by atoms with Crippen LogP contribution >= 0.6 is 0 Å². The third-order valence-electron chi connectivity index (χ3n) is 5.90. The van der Waals surface area contributed by atoms with E-state index in [2.05, 4.69) is 90.1 Å². The number of allylic oxidation sites excluding steroid dienone is 2. The van der Waals surface area contributed by atoms with Gasteiger partial charge < -0.3 is 0 Å². The van der Waals surface area contributed by atoms with Crippen LogP contribution in [-0.4, -0.2) is 11.4 Å². The van der Waals surface area contributed by atoms with E-state index in [9.17, 15) is 0 Å². The first-order chi connectivity index (χ1) is 14.9. The van der Waals surface area contributed by atoms with Crippen molar-refractivity contribution in [3.63, 3.8) is 0 Å². The smallest absolute Gasteiger partial charge is 0.0845 e. The molecule has 0 saturated heterocycles. The molecule has 0 heterocycles. The van der Waals surface area contributed by atoms with Crippen molar-refractivity contribution in [3.05, 3.63) is 70.8 Å². The van der Waals surface area contributed by atoms with Gasteiger partial charge in [-0.25, -0.2) is 4.99 Å². The molecule has 3 heteroatoms. The molecule has 0 aliphatic carbocycles. The molecule has 2 aromatic rings. The molecule has 0 radical (unpaired) electrons. The minimum Gasteiger partial charge on any atom is -0.252 e. The molecule has 0 aliphatic heterocycles. The van der Waals surface area contributed by atoms with Crippen molar-refractivity contribution in [1.82, 2.24) is 0 Å². The van der Waals surface area contributed by atoms with Crippen LogP contribution in [0.2, 0.25) is 0 Å². The maximum absolute atomic E-state index is 4.95. The predicted molar refractivity (Wildman–Crippen MR) is 139 cm³/mol. The third kappa shape index (κ3) is 9.66. The number of hydrogen-bond acceptors (Lipinski definition) is 2. The summed E-state index contributed by atoms with van der Waals surface area (Å²) in [6.45, 7) is 12.9. The summed E-state index contributed by atoms with van der Waals surface area (Å²) in [4.78, 5) is 9.83. The van der Waals surface area contributed by atoms with Crippen LogP contribution in [-0.2, 0) is 16.5 Å². The van der Waals surface area contributed by atoms with Gasteiger partial charge in [0.2, 0.25) is 0 Å². The Labute approximate surface area is 206 Å². The fourth-order valence-corrected chi connectivity index (χ4v) is 3.46. The van der Waals surface area contributed by atoms with Crippen molar-refractivity contribution in [2.75, 3.05) is 0 Å². The van der Waals surface area contributed by atoms with Gasteiger partial charge in [0, 0.05) is 16.5 Å². The van der Waals surface area contributed by atoms with E-state index in [0.29, 0.717) is 0 Å². The van der Waals surface area contributed by atoms with Gasteiger partial charge in [0.1, 0.15) is 0 Å². The first kappa shape index (κ1) is 28.0. The van der Waals surface area contributed by atoms with Crippen molar-refractivity contribution in [3.8, 4) is 0 Å². The summed E-state index contributed by atoms with van der Waals surface area (Å²) >= 11 is 0. The Morgan fingerprint density at radius 2 is 1.25 bits per heavy atom. The molecule has 0 aromatic heterocycles. The summed E-state index contributed by atoms with van der Waals surface area (Å²) in [5.74, 6) is 0. The fourth-order valence-electron chi connectivity index (χ4n) is 3.46. The quantitative estimate of drug-likeness (QED) is 0.176. The van der Waals surface area contributed by atoms with Crippen LogP contribution in [0.25, 0.3) is 0 Å². The first-order valence-corrected chi connectivity index (χ1v) is 11.9. The standard InChI is InChI=1S/C29H40N2.Ni/c1-7-8-9-10-11-12-13-14-15-29(31-28-19-17-23(3)25(5)21-28)26(6)30-27-18-16-22(2)24(4)20-27;/h14-21H,7-13H2,1-6H3;/b15-14+,30-26+,31-29+;. The van der Waals surface area contributed by atoms with E-state index in [4.69, 9.17) is 9.98 Å². The van der Waals surface area contributed by atoms with E-state index in [1.54, 1.807) is 0 Å². The van der Waals surface area contributed by atoms with Crippen molar-refractivity contribution >= 4 is 22.8 Å².